The summed E-state index contributed by atoms with van der Waals surface area (Å²) in [5.41, 5.74) is 1.26. The molecule has 2 aliphatic heterocycles. The molecule has 2 saturated heterocycles. The van der Waals surface area contributed by atoms with Gasteiger partial charge in [-0.2, -0.15) is 0 Å². The molecule has 3 N–H and O–H groups in total. The van der Waals surface area contributed by atoms with Crippen LogP contribution in [0.2, 0.25) is 0 Å². The number of nitrogens with one attached hydrogen (secondary N) is 2. The average Bonchev–Trinajstić information content (AvgIpc) is 3.16. The summed E-state index contributed by atoms with van der Waals surface area (Å²) in [6.45, 7) is 6.78. The van der Waals surface area contributed by atoms with Crippen LogP contribution in [0.25, 0.3) is 0 Å². The van der Waals surface area contributed by atoms with Crippen LogP contribution in [0.5, 0.6) is 0 Å². The second-order valence-electron chi connectivity index (χ2n) is 8.16. The summed E-state index contributed by atoms with van der Waals surface area (Å²) in [4.78, 5) is 17.2. The number of para-hydroxylation sites is 1. The zero-order chi connectivity index (χ0) is 20.1. The number of aliphatic hydroxyl groups is 1. The smallest absolute Gasteiger partial charge is 0.248 e. The van der Waals surface area contributed by atoms with Gasteiger partial charge in [0, 0.05) is 25.3 Å². The maximum atomic E-state index is 13.3. The number of rotatable bonds is 5. The molecule has 28 heavy (non-hydrogen) atoms. The summed E-state index contributed by atoms with van der Waals surface area (Å²) in [5.74, 6) is 0.0113. The lowest BCUT2D eigenvalue weighted by molar-refractivity contribution is -0.139. The third kappa shape index (κ3) is 5.01. The first-order valence-corrected chi connectivity index (χ1v) is 10.7. The van der Waals surface area contributed by atoms with Gasteiger partial charge in [-0.05, 0) is 69.8 Å². The molecular formula is C21H32N4O2S. The molecule has 1 amide bonds. The standard InChI is InChI=1S/C21H32N4O2S/c1-16-9-3-4-10-17(16)22-20(28)23-21(2)11-5-6-14-25(19(21)27)15-18(26)24-12-7-8-13-24/h3-4,9-10,18,26H,5-8,11-15H2,1-2H3,(H2,22,23,28)/t18?,21-/m0/s1. The van der Waals surface area contributed by atoms with Gasteiger partial charge in [0.05, 0.1) is 6.54 Å². The van der Waals surface area contributed by atoms with Crippen molar-refractivity contribution >= 4 is 28.9 Å². The minimum atomic E-state index is -0.770. The van der Waals surface area contributed by atoms with Gasteiger partial charge in [0.2, 0.25) is 5.91 Å². The van der Waals surface area contributed by atoms with Gasteiger partial charge in [-0.1, -0.05) is 18.2 Å². The summed E-state index contributed by atoms with van der Waals surface area (Å²) in [5, 5.41) is 17.5. The lowest BCUT2D eigenvalue weighted by atomic mass is 9.95. The molecule has 1 unspecified atom stereocenters. The number of nitrogens with zero attached hydrogens (tertiary/aromatic N) is 2. The highest BCUT2D eigenvalue weighted by Gasteiger charge is 2.39. The number of carbonyl (C=O) groups is 1. The van der Waals surface area contributed by atoms with Gasteiger partial charge < -0.3 is 20.6 Å². The van der Waals surface area contributed by atoms with Crippen LogP contribution in [0.3, 0.4) is 0 Å². The van der Waals surface area contributed by atoms with Gasteiger partial charge in [0.25, 0.3) is 0 Å². The molecule has 0 bridgehead atoms. The molecule has 2 fully saturated rings. The Morgan fingerprint density at radius 2 is 1.89 bits per heavy atom. The van der Waals surface area contributed by atoms with Gasteiger partial charge >= 0.3 is 0 Å². The molecule has 6 nitrogen and oxygen atoms in total. The number of aliphatic hydroxyl groups excluding tert-OH is 1. The molecule has 3 rings (SSSR count). The Kier molecular flexibility index (Phi) is 6.91. The van der Waals surface area contributed by atoms with E-state index >= 15 is 0 Å². The highest BCUT2D eigenvalue weighted by atomic mass is 32.1. The molecule has 2 aliphatic rings. The Bertz CT molecular complexity index is 707. The summed E-state index contributed by atoms with van der Waals surface area (Å²) >= 11 is 5.51. The predicted octanol–water partition coefficient (Wildman–Crippen LogP) is 2.47. The summed E-state index contributed by atoms with van der Waals surface area (Å²) in [6, 6.07) is 7.93. The van der Waals surface area contributed by atoms with Crippen molar-refractivity contribution in [1.82, 2.24) is 15.1 Å². The Balaban J connectivity index is 1.65. The molecule has 0 spiro atoms. The first-order valence-electron chi connectivity index (χ1n) is 10.3. The van der Waals surface area contributed by atoms with Gasteiger partial charge in [-0.3, -0.25) is 9.69 Å². The number of benzene rings is 1. The number of thiocarbonyl (C=S) groups is 1. The number of β-amino-alcohol motifs (C(OH)–C–C–N with tert-alkyl or cyclic N) is 1. The molecule has 0 aliphatic carbocycles. The normalized spacial score (nSPS) is 24.7. The number of carbonyl (C=O) groups excluding carboxylic acids is 1. The highest BCUT2D eigenvalue weighted by Crippen LogP contribution is 2.24. The number of anilines is 1. The molecule has 0 radical (unpaired) electrons. The fourth-order valence-electron chi connectivity index (χ4n) is 4.10. The predicted molar refractivity (Wildman–Crippen MR) is 116 cm³/mol. The van der Waals surface area contributed by atoms with E-state index in [2.05, 4.69) is 15.5 Å². The maximum Gasteiger partial charge on any atom is 0.248 e. The summed E-state index contributed by atoms with van der Waals surface area (Å²) in [7, 11) is 0. The van der Waals surface area contributed by atoms with E-state index in [1.807, 2.05) is 38.1 Å². The van der Waals surface area contributed by atoms with Crippen LogP contribution in [-0.4, -0.2) is 63.9 Å². The van der Waals surface area contributed by atoms with E-state index < -0.39 is 11.8 Å². The van der Waals surface area contributed by atoms with Crippen LogP contribution in [0, 0.1) is 6.92 Å². The first kappa shape index (κ1) is 21.0. The van der Waals surface area contributed by atoms with Gasteiger partial charge in [0.1, 0.15) is 11.8 Å². The molecule has 0 saturated carbocycles. The zero-order valence-electron chi connectivity index (χ0n) is 16.9. The van der Waals surface area contributed by atoms with E-state index in [-0.39, 0.29) is 5.91 Å². The molecule has 2 heterocycles. The number of hydrogen-bond donors (Lipinski definition) is 3. The van der Waals surface area contributed by atoms with Crippen LogP contribution in [0.15, 0.2) is 24.3 Å². The van der Waals surface area contributed by atoms with Crippen LogP contribution >= 0.6 is 12.2 Å². The SMILES string of the molecule is Cc1ccccc1NC(=S)N[C@@]1(C)CCCCN(CC(O)N2CCCC2)C1=O. The van der Waals surface area contributed by atoms with Crippen molar-refractivity contribution < 1.29 is 9.90 Å². The topological polar surface area (TPSA) is 67.8 Å². The lowest BCUT2D eigenvalue weighted by Gasteiger charge is -2.36. The minimum Gasteiger partial charge on any atom is -0.376 e. The fraction of sp³-hybridized carbons (Fsp3) is 0.619. The van der Waals surface area contributed by atoms with Gasteiger partial charge in [0.15, 0.2) is 5.11 Å². The lowest BCUT2D eigenvalue weighted by Crippen LogP contribution is -2.59. The van der Waals surface area contributed by atoms with Crippen molar-refractivity contribution in [3.05, 3.63) is 29.8 Å². The van der Waals surface area contributed by atoms with E-state index in [9.17, 15) is 9.90 Å². The molecule has 1 aromatic rings. The molecule has 2 atom stereocenters. The minimum absolute atomic E-state index is 0.0113. The monoisotopic (exact) mass is 404 g/mol. The zero-order valence-corrected chi connectivity index (χ0v) is 17.7. The van der Waals surface area contributed by atoms with E-state index in [1.165, 1.54) is 0 Å². The number of likely N-dealkylation sites (tertiary alicyclic amines) is 2. The molecule has 7 heteroatoms. The van der Waals surface area contributed by atoms with E-state index in [4.69, 9.17) is 12.2 Å². The van der Waals surface area contributed by atoms with Crippen molar-refractivity contribution in [3.63, 3.8) is 0 Å². The van der Waals surface area contributed by atoms with Crippen molar-refractivity contribution in [2.75, 3.05) is 31.5 Å². The van der Waals surface area contributed by atoms with Crippen molar-refractivity contribution in [2.24, 2.45) is 0 Å². The van der Waals surface area contributed by atoms with E-state index in [1.54, 1.807) is 4.90 Å². The molecule has 154 valence electrons. The van der Waals surface area contributed by atoms with Crippen molar-refractivity contribution in [3.8, 4) is 0 Å². The second kappa shape index (κ2) is 9.20. The first-order chi connectivity index (χ1) is 13.4. The largest absolute Gasteiger partial charge is 0.376 e. The molecule has 1 aromatic carbocycles. The van der Waals surface area contributed by atoms with Crippen LogP contribution < -0.4 is 10.6 Å². The Hall–Kier alpha value is -1.70. The number of amides is 1. The fourth-order valence-corrected chi connectivity index (χ4v) is 4.43. The maximum absolute atomic E-state index is 13.3. The van der Waals surface area contributed by atoms with Crippen molar-refractivity contribution in [1.29, 1.82) is 0 Å². The van der Waals surface area contributed by atoms with Crippen LogP contribution in [0.4, 0.5) is 5.69 Å². The van der Waals surface area contributed by atoms with E-state index in [0.717, 1.165) is 56.4 Å². The Morgan fingerprint density at radius 3 is 2.61 bits per heavy atom. The highest BCUT2D eigenvalue weighted by molar-refractivity contribution is 7.80. The van der Waals surface area contributed by atoms with Crippen molar-refractivity contribution in [2.45, 2.75) is 57.7 Å². The Morgan fingerprint density at radius 1 is 1.21 bits per heavy atom. The number of hydrogen-bond acceptors (Lipinski definition) is 4. The molecule has 0 aromatic heterocycles. The number of aryl methyl sites for hydroxylation is 1. The summed E-state index contributed by atoms with van der Waals surface area (Å²) < 4.78 is 0. The van der Waals surface area contributed by atoms with Gasteiger partial charge in [-0.15, -0.1) is 0 Å². The van der Waals surface area contributed by atoms with E-state index in [0.29, 0.717) is 18.2 Å². The third-order valence-electron chi connectivity index (χ3n) is 5.84. The third-order valence-corrected chi connectivity index (χ3v) is 6.05. The molecular weight excluding hydrogens is 372 g/mol. The van der Waals surface area contributed by atoms with Crippen LogP contribution in [-0.2, 0) is 4.79 Å². The quantitative estimate of drug-likeness (QED) is 0.655. The summed E-state index contributed by atoms with van der Waals surface area (Å²) in [6.07, 6.45) is 4.24. The second-order valence-corrected chi connectivity index (χ2v) is 8.57. The Labute approximate surface area is 173 Å². The van der Waals surface area contributed by atoms with Crippen LogP contribution in [0.1, 0.15) is 44.6 Å². The average molecular weight is 405 g/mol. The van der Waals surface area contributed by atoms with Gasteiger partial charge in [-0.25, -0.2) is 0 Å².